The molecule has 1 unspecified atom stereocenters. The second-order valence-corrected chi connectivity index (χ2v) is 5.02. The van der Waals surface area contributed by atoms with E-state index in [0.717, 1.165) is 31.6 Å². The molecule has 0 aliphatic rings. The summed E-state index contributed by atoms with van der Waals surface area (Å²) in [4.78, 5) is 11.8. The van der Waals surface area contributed by atoms with Crippen LogP contribution in [0.2, 0.25) is 0 Å². The summed E-state index contributed by atoms with van der Waals surface area (Å²) in [5.74, 6) is 1.03. The van der Waals surface area contributed by atoms with Crippen molar-refractivity contribution in [2.75, 3.05) is 25.2 Å². The lowest BCUT2D eigenvalue weighted by Crippen LogP contribution is -2.50. The van der Waals surface area contributed by atoms with Crippen molar-refractivity contribution in [2.24, 2.45) is 0 Å². The molecular formula is C12H25NO2S. The quantitative estimate of drug-likeness (QED) is 0.502. The Balaban J connectivity index is 4.15. The summed E-state index contributed by atoms with van der Waals surface area (Å²) < 4.78 is 5.11. The first kappa shape index (κ1) is 15.8. The van der Waals surface area contributed by atoms with E-state index in [0.29, 0.717) is 6.61 Å². The minimum Gasteiger partial charge on any atom is -0.465 e. The maximum atomic E-state index is 11.8. The van der Waals surface area contributed by atoms with Gasteiger partial charge in [-0.2, -0.15) is 11.8 Å². The SMILES string of the molecule is CCNC(C)(CCCCSC)C(=O)OCC. The van der Waals surface area contributed by atoms with E-state index < -0.39 is 5.54 Å². The number of esters is 1. The van der Waals surface area contributed by atoms with Crippen LogP contribution in [0.1, 0.15) is 40.0 Å². The van der Waals surface area contributed by atoms with Gasteiger partial charge in [0, 0.05) is 0 Å². The van der Waals surface area contributed by atoms with Crippen LogP contribution in [-0.2, 0) is 9.53 Å². The smallest absolute Gasteiger partial charge is 0.326 e. The number of likely N-dealkylation sites (N-methyl/N-ethyl adjacent to an activating group) is 1. The average Bonchev–Trinajstić information content (AvgIpc) is 2.25. The van der Waals surface area contributed by atoms with Crippen LogP contribution in [0.25, 0.3) is 0 Å². The molecule has 0 bridgehead atoms. The number of carbonyl (C=O) groups is 1. The minimum atomic E-state index is -0.511. The van der Waals surface area contributed by atoms with E-state index in [1.54, 1.807) is 0 Å². The Hall–Kier alpha value is -0.220. The van der Waals surface area contributed by atoms with E-state index in [4.69, 9.17) is 4.74 Å². The van der Waals surface area contributed by atoms with Crippen LogP contribution in [-0.4, -0.2) is 36.7 Å². The van der Waals surface area contributed by atoms with E-state index in [9.17, 15) is 4.79 Å². The summed E-state index contributed by atoms with van der Waals surface area (Å²) in [5.41, 5.74) is -0.511. The lowest BCUT2D eigenvalue weighted by atomic mass is 9.95. The highest BCUT2D eigenvalue weighted by atomic mass is 32.2. The molecule has 0 rings (SSSR count). The van der Waals surface area contributed by atoms with Crippen molar-refractivity contribution in [3.8, 4) is 0 Å². The molecule has 1 atom stereocenters. The molecule has 3 nitrogen and oxygen atoms in total. The van der Waals surface area contributed by atoms with E-state index in [1.807, 2.05) is 32.5 Å². The van der Waals surface area contributed by atoms with Gasteiger partial charge in [-0.05, 0) is 45.2 Å². The maximum Gasteiger partial charge on any atom is 0.326 e. The number of unbranched alkanes of at least 4 members (excludes halogenated alkanes) is 1. The van der Waals surface area contributed by atoms with Gasteiger partial charge >= 0.3 is 5.97 Å². The minimum absolute atomic E-state index is 0.124. The third-order valence-electron chi connectivity index (χ3n) is 2.57. The van der Waals surface area contributed by atoms with E-state index in [1.165, 1.54) is 0 Å². The van der Waals surface area contributed by atoms with Crippen LogP contribution in [0.15, 0.2) is 0 Å². The fourth-order valence-corrected chi connectivity index (χ4v) is 2.16. The van der Waals surface area contributed by atoms with Crippen LogP contribution in [0, 0.1) is 0 Å². The molecule has 0 spiro atoms. The highest BCUT2D eigenvalue weighted by molar-refractivity contribution is 7.98. The van der Waals surface area contributed by atoms with Gasteiger partial charge in [0.1, 0.15) is 5.54 Å². The van der Waals surface area contributed by atoms with Crippen molar-refractivity contribution in [1.82, 2.24) is 5.32 Å². The van der Waals surface area contributed by atoms with Gasteiger partial charge in [-0.1, -0.05) is 13.3 Å². The summed E-state index contributed by atoms with van der Waals surface area (Å²) in [5, 5.41) is 3.24. The van der Waals surface area contributed by atoms with Gasteiger partial charge < -0.3 is 10.1 Å². The Morgan fingerprint density at radius 3 is 2.56 bits per heavy atom. The van der Waals surface area contributed by atoms with Crippen molar-refractivity contribution in [1.29, 1.82) is 0 Å². The normalized spacial score (nSPS) is 14.5. The molecular weight excluding hydrogens is 222 g/mol. The number of carbonyl (C=O) groups excluding carboxylic acids is 1. The van der Waals surface area contributed by atoms with Crippen LogP contribution >= 0.6 is 11.8 Å². The standard InChI is InChI=1S/C12H25NO2S/c1-5-13-12(3,11(14)15-6-2)9-7-8-10-16-4/h13H,5-10H2,1-4H3. The second kappa shape index (κ2) is 8.88. The summed E-state index contributed by atoms with van der Waals surface area (Å²) in [6.07, 6.45) is 5.17. The topological polar surface area (TPSA) is 38.3 Å². The Bertz CT molecular complexity index is 199. The zero-order valence-electron chi connectivity index (χ0n) is 11.0. The van der Waals surface area contributed by atoms with Gasteiger partial charge in [0.2, 0.25) is 0 Å². The average molecular weight is 247 g/mol. The molecule has 0 fully saturated rings. The molecule has 16 heavy (non-hydrogen) atoms. The molecule has 0 amide bonds. The Labute approximate surface area is 104 Å². The molecule has 0 heterocycles. The van der Waals surface area contributed by atoms with Gasteiger partial charge in [-0.25, -0.2) is 0 Å². The van der Waals surface area contributed by atoms with Crippen LogP contribution < -0.4 is 5.32 Å². The number of rotatable bonds is 9. The van der Waals surface area contributed by atoms with Crippen molar-refractivity contribution in [2.45, 2.75) is 45.6 Å². The Morgan fingerprint density at radius 2 is 2.06 bits per heavy atom. The maximum absolute atomic E-state index is 11.8. The monoisotopic (exact) mass is 247 g/mol. The van der Waals surface area contributed by atoms with Crippen molar-refractivity contribution < 1.29 is 9.53 Å². The van der Waals surface area contributed by atoms with E-state index >= 15 is 0 Å². The summed E-state index contributed by atoms with van der Waals surface area (Å²) in [7, 11) is 0. The molecule has 0 aliphatic heterocycles. The number of hydrogen-bond acceptors (Lipinski definition) is 4. The highest BCUT2D eigenvalue weighted by Crippen LogP contribution is 2.17. The van der Waals surface area contributed by atoms with Crippen LogP contribution in [0.4, 0.5) is 0 Å². The summed E-state index contributed by atoms with van der Waals surface area (Å²) >= 11 is 1.85. The number of thioether (sulfide) groups is 1. The molecule has 96 valence electrons. The molecule has 0 aromatic rings. The number of ether oxygens (including phenoxy) is 1. The first-order valence-electron chi connectivity index (χ1n) is 6.02. The third kappa shape index (κ3) is 5.75. The number of nitrogens with one attached hydrogen (secondary N) is 1. The van der Waals surface area contributed by atoms with Gasteiger partial charge in [0.05, 0.1) is 6.61 Å². The molecule has 0 saturated carbocycles. The molecule has 0 aromatic carbocycles. The third-order valence-corrected chi connectivity index (χ3v) is 3.27. The van der Waals surface area contributed by atoms with E-state index in [-0.39, 0.29) is 5.97 Å². The molecule has 0 radical (unpaired) electrons. The summed E-state index contributed by atoms with van der Waals surface area (Å²) in [6.45, 7) is 7.04. The predicted molar refractivity (Wildman–Crippen MR) is 70.9 cm³/mol. The van der Waals surface area contributed by atoms with Crippen molar-refractivity contribution in [3.63, 3.8) is 0 Å². The lowest BCUT2D eigenvalue weighted by molar-refractivity contribution is -0.150. The molecule has 0 aromatic heterocycles. The fraction of sp³-hybridized carbons (Fsp3) is 0.917. The van der Waals surface area contributed by atoms with Crippen LogP contribution in [0.3, 0.4) is 0 Å². The number of hydrogen-bond donors (Lipinski definition) is 1. The fourth-order valence-electron chi connectivity index (χ4n) is 1.67. The highest BCUT2D eigenvalue weighted by Gasteiger charge is 2.32. The first-order chi connectivity index (χ1) is 7.60. The molecule has 1 N–H and O–H groups in total. The lowest BCUT2D eigenvalue weighted by Gasteiger charge is -2.28. The van der Waals surface area contributed by atoms with Gasteiger partial charge in [0.15, 0.2) is 0 Å². The predicted octanol–water partition coefficient (Wildman–Crippen LogP) is 2.45. The van der Waals surface area contributed by atoms with Crippen molar-refractivity contribution in [3.05, 3.63) is 0 Å². The van der Waals surface area contributed by atoms with Crippen LogP contribution in [0.5, 0.6) is 0 Å². The Kier molecular flexibility index (Phi) is 8.76. The van der Waals surface area contributed by atoms with Crippen molar-refractivity contribution >= 4 is 17.7 Å². The molecule has 4 heteroatoms. The largest absolute Gasteiger partial charge is 0.465 e. The zero-order chi connectivity index (χ0) is 12.4. The van der Waals surface area contributed by atoms with E-state index in [2.05, 4.69) is 11.6 Å². The van der Waals surface area contributed by atoms with Gasteiger partial charge in [-0.3, -0.25) is 4.79 Å². The Morgan fingerprint density at radius 1 is 1.38 bits per heavy atom. The molecule has 0 saturated heterocycles. The zero-order valence-corrected chi connectivity index (χ0v) is 11.8. The van der Waals surface area contributed by atoms with Gasteiger partial charge in [0.25, 0.3) is 0 Å². The van der Waals surface area contributed by atoms with Gasteiger partial charge in [-0.15, -0.1) is 0 Å². The second-order valence-electron chi connectivity index (χ2n) is 4.03. The summed E-state index contributed by atoms with van der Waals surface area (Å²) in [6, 6.07) is 0. The first-order valence-corrected chi connectivity index (χ1v) is 7.41. The molecule has 0 aliphatic carbocycles.